The number of ether oxygens (including phenoxy) is 1. The third-order valence-corrected chi connectivity index (χ3v) is 4.79. The Balaban J connectivity index is 4.68. The van der Waals surface area contributed by atoms with Gasteiger partial charge in [-0.05, 0) is 31.8 Å². The Bertz CT molecular complexity index is 360. The van der Waals surface area contributed by atoms with E-state index in [1.54, 1.807) is 0 Å². The summed E-state index contributed by atoms with van der Waals surface area (Å²) in [5, 5.41) is 9.19. The number of carboxylic acids is 1. The van der Waals surface area contributed by atoms with Gasteiger partial charge in [-0.1, -0.05) is 66.2 Å². The van der Waals surface area contributed by atoms with Crippen LogP contribution < -0.4 is 0 Å². The predicted octanol–water partition coefficient (Wildman–Crippen LogP) is 4.49. The zero-order valence-electron chi connectivity index (χ0n) is 16.8. The number of hydrogen-bond acceptors (Lipinski definition) is 4. The molecule has 0 saturated heterocycles. The van der Waals surface area contributed by atoms with Gasteiger partial charge in [0.05, 0.1) is 13.0 Å². The first-order valence-corrected chi connectivity index (χ1v) is 10.1. The summed E-state index contributed by atoms with van der Waals surface area (Å²) in [4.78, 5) is 25.7. The fourth-order valence-electron chi connectivity index (χ4n) is 3.00. The molecule has 0 aliphatic heterocycles. The summed E-state index contributed by atoms with van der Waals surface area (Å²) in [5.41, 5.74) is 0. The number of carbonyl (C=O) groups is 2. The smallest absolute Gasteiger partial charge is 0.323 e. The number of unbranched alkanes of at least 4 members (excludes halogenated alkanes) is 4. The molecule has 2 atom stereocenters. The molecule has 25 heavy (non-hydrogen) atoms. The van der Waals surface area contributed by atoms with E-state index in [1.807, 2.05) is 11.8 Å². The maximum Gasteiger partial charge on any atom is 0.323 e. The van der Waals surface area contributed by atoms with Gasteiger partial charge < -0.3 is 9.84 Å². The third kappa shape index (κ3) is 11.2. The summed E-state index contributed by atoms with van der Waals surface area (Å²) in [5.74, 6) is -0.962. The molecule has 1 N–H and O–H groups in total. The topological polar surface area (TPSA) is 66.8 Å². The van der Waals surface area contributed by atoms with Crippen LogP contribution in [0.2, 0.25) is 0 Å². The zero-order chi connectivity index (χ0) is 19.1. The van der Waals surface area contributed by atoms with Crippen LogP contribution in [0.4, 0.5) is 0 Å². The van der Waals surface area contributed by atoms with Gasteiger partial charge in [0.2, 0.25) is 0 Å². The maximum atomic E-state index is 12.5. The average Bonchev–Trinajstić information content (AvgIpc) is 2.60. The molecule has 5 nitrogen and oxygen atoms in total. The molecule has 0 aliphatic rings. The van der Waals surface area contributed by atoms with E-state index in [2.05, 4.69) is 20.8 Å². The summed E-state index contributed by atoms with van der Waals surface area (Å²) in [6.45, 7) is 10.2. The first-order valence-electron chi connectivity index (χ1n) is 10.1. The minimum Gasteiger partial charge on any atom is -0.481 e. The monoisotopic (exact) mass is 357 g/mol. The molecule has 0 aromatic carbocycles. The van der Waals surface area contributed by atoms with Crippen LogP contribution in [0.15, 0.2) is 0 Å². The molecule has 0 saturated carbocycles. The zero-order valence-corrected chi connectivity index (χ0v) is 16.8. The Morgan fingerprint density at radius 2 is 1.68 bits per heavy atom. The van der Waals surface area contributed by atoms with Crippen LogP contribution >= 0.6 is 0 Å². The molecule has 5 heteroatoms. The number of esters is 1. The Hall–Kier alpha value is -1.10. The van der Waals surface area contributed by atoms with Crippen molar-refractivity contribution in [2.45, 2.75) is 91.5 Å². The SMILES string of the molecule is CCCCCCN(CC)[C@@H](CC(=O)O)C(=O)OCC(CC)CCCC. The van der Waals surface area contributed by atoms with Crippen LogP contribution in [0.1, 0.15) is 85.5 Å². The second kappa shape index (κ2) is 15.2. The fourth-order valence-corrected chi connectivity index (χ4v) is 3.00. The molecule has 0 aliphatic carbocycles. The molecular weight excluding hydrogens is 318 g/mol. The van der Waals surface area contributed by atoms with Crippen molar-refractivity contribution in [2.24, 2.45) is 5.92 Å². The summed E-state index contributed by atoms with van der Waals surface area (Å²) < 4.78 is 5.52. The van der Waals surface area contributed by atoms with Gasteiger partial charge in [-0.15, -0.1) is 0 Å². The number of nitrogens with zero attached hydrogens (tertiary/aromatic N) is 1. The van der Waals surface area contributed by atoms with Crippen LogP contribution in [-0.2, 0) is 14.3 Å². The molecule has 0 aromatic rings. The van der Waals surface area contributed by atoms with E-state index < -0.39 is 12.0 Å². The Labute approximate surface area is 154 Å². The van der Waals surface area contributed by atoms with Crippen molar-refractivity contribution in [3.05, 3.63) is 0 Å². The molecule has 0 radical (unpaired) electrons. The van der Waals surface area contributed by atoms with Crippen LogP contribution in [0, 0.1) is 5.92 Å². The highest BCUT2D eigenvalue weighted by Gasteiger charge is 2.29. The van der Waals surface area contributed by atoms with Crippen molar-refractivity contribution in [3.8, 4) is 0 Å². The molecule has 1 unspecified atom stereocenters. The molecule has 0 amide bonds. The number of likely N-dealkylation sites (N-methyl/N-ethyl adjacent to an activating group) is 1. The van der Waals surface area contributed by atoms with Crippen LogP contribution in [0.25, 0.3) is 0 Å². The summed E-state index contributed by atoms with van der Waals surface area (Å²) in [6.07, 6.45) is 8.52. The normalized spacial score (nSPS) is 13.6. The average molecular weight is 358 g/mol. The molecule has 0 bridgehead atoms. The second-order valence-corrected chi connectivity index (χ2v) is 6.85. The molecule has 0 rings (SSSR count). The summed E-state index contributed by atoms with van der Waals surface area (Å²) >= 11 is 0. The molecular formula is C20H39NO4. The van der Waals surface area contributed by atoms with Gasteiger partial charge in [-0.25, -0.2) is 0 Å². The Morgan fingerprint density at radius 1 is 1.00 bits per heavy atom. The standard InChI is InChI=1S/C20H39NO4/c1-5-9-11-12-14-21(8-4)18(15-19(22)23)20(24)25-16-17(7-3)13-10-6-2/h17-18H,5-16H2,1-4H3,(H,22,23)/t17?,18-/m0/s1. The summed E-state index contributed by atoms with van der Waals surface area (Å²) in [7, 11) is 0. The van der Waals surface area contributed by atoms with E-state index in [0.29, 0.717) is 19.1 Å². The van der Waals surface area contributed by atoms with Crippen molar-refractivity contribution in [1.29, 1.82) is 0 Å². The first kappa shape index (κ1) is 23.9. The molecule has 0 heterocycles. The van der Waals surface area contributed by atoms with Crippen molar-refractivity contribution in [2.75, 3.05) is 19.7 Å². The maximum absolute atomic E-state index is 12.5. The van der Waals surface area contributed by atoms with Crippen molar-refractivity contribution in [1.82, 2.24) is 4.90 Å². The largest absolute Gasteiger partial charge is 0.481 e. The van der Waals surface area contributed by atoms with E-state index in [9.17, 15) is 14.7 Å². The van der Waals surface area contributed by atoms with Crippen LogP contribution in [0.3, 0.4) is 0 Å². The minimum absolute atomic E-state index is 0.188. The van der Waals surface area contributed by atoms with Crippen LogP contribution in [-0.4, -0.2) is 47.7 Å². The van der Waals surface area contributed by atoms with Gasteiger partial charge in [-0.2, -0.15) is 0 Å². The van der Waals surface area contributed by atoms with Gasteiger partial charge in [0.25, 0.3) is 0 Å². The third-order valence-electron chi connectivity index (χ3n) is 4.79. The van der Waals surface area contributed by atoms with Crippen molar-refractivity contribution >= 4 is 11.9 Å². The second-order valence-electron chi connectivity index (χ2n) is 6.85. The van der Waals surface area contributed by atoms with Gasteiger partial charge in [0.15, 0.2) is 0 Å². The highest BCUT2D eigenvalue weighted by atomic mass is 16.5. The van der Waals surface area contributed by atoms with E-state index in [0.717, 1.165) is 51.5 Å². The lowest BCUT2D eigenvalue weighted by molar-refractivity contribution is -0.156. The van der Waals surface area contributed by atoms with E-state index in [4.69, 9.17) is 4.74 Å². The van der Waals surface area contributed by atoms with Crippen molar-refractivity contribution in [3.63, 3.8) is 0 Å². The van der Waals surface area contributed by atoms with Crippen molar-refractivity contribution < 1.29 is 19.4 Å². The lowest BCUT2D eigenvalue weighted by Crippen LogP contribution is -2.44. The highest BCUT2D eigenvalue weighted by Crippen LogP contribution is 2.15. The number of carbonyl (C=O) groups excluding carboxylic acids is 1. The van der Waals surface area contributed by atoms with E-state index >= 15 is 0 Å². The Morgan fingerprint density at radius 3 is 2.20 bits per heavy atom. The number of carboxylic acid groups (broad SMARTS) is 1. The fraction of sp³-hybridized carbons (Fsp3) is 0.900. The molecule has 0 fully saturated rings. The lowest BCUT2D eigenvalue weighted by atomic mass is 10.0. The van der Waals surface area contributed by atoms with E-state index in [-0.39, 0.29) is 12.4 Å². The quantitative estimate of drug-likeness (QED) is 0.325. The van der Waals surface area contributed by atoms with Gasteiger partial charge >= 0.3 is 11.9 Å². The first-order chi connectivity index (χ1) is 12.0. The molecule has 0 aromatic heterocycles. The predicted molar refractivity (Wildman–Crippen MR) is 102 cm³/mol. The lowest BCUT2D eigenvalue weighted by Gasteiger charge is -2.28. The number of hydrogen-bond donors (Lipinski definition) is 1. The number of rotatable bonds is 16. The van der Waals surface area contributed by atoms with Gasteiger partial charge in [-0.3, -0.25) is 14.5 Å². The van der Waals surface area contributed by atoms with Gasteiger partial charge in [0, 0.05) is 0 Å². The minimum atomic E-state index is -0.952. The number of aliphatic carboxylic acids is 1. The van der Waals surface area contributed by atoms with Crippen LogP contribution in [0.5, 0.6) is 0 Å². The van der Waals surface area contributed by atoms with E-state index in [1.165, 1.54) is 6.42 Å². The Kier molecular flexibility index (Phi) is 14.5. The molecule has 148 valence electrons. The van der Waals surface area contributed by atoms with Gasteiger partial charge in [0.1, 0.15) is 6.04 Å². The summed E-state index contributed by atoms with van der Waals surface area (Å²) in [6, 6.07) is -0.673. The highest BCUT2D eigenvalue weighted by molar-refractivity contribution is 5.82. The molecule has 0 spiro atoms.